The van der Waals surface area contributed by atoms with Crippen LogP contribution in [0.3, 0.4) is 0 Å². The first kappa shape index (κ1) is 14.4. The summed E-state index contributed by atoms with van der Waals surface area (Å²) < 4.78 is 4.94. The Kier molecular flexibility index (Phi) is 3.64. The Labute approximate surface area is 143 Å². The Morgan fingerprint density at radius 3 is 2.87 bits per heavy atom. The molecule has 5 nitrogen and oxygen atoms in total. The highest BCUT2D eigenvalue weighted by atomic mass is 32.1. The van der Waals surface area contributed by atoms with Crippen molar-refractivity contribution >= 4 is 55.3 Å². The summed E-state index contributed by atoms with van der Waals surface area (Å²) in [7, 11) is 0. The van der Waals surface area contributed by atoms with Gasteiger partial charge in [-0.05, 0) is 42.0 Å². The molecule has 0 radical (unpaired) electrons. The van der Waals surface area contributed by atoms with Gasteiger partial charge in [-0.1, -0.05) is 16.6 Å². The minimum atomic E-state index is -0.178. The lowest BCUT2D eigenvalue weighted by Gasteiger charge is -2.03. The molecule has 0 saturated carbocycles. The lowest BCUT2D eigenvalue weighted by molar-refractivity contribution is 0.103. The van der Waals surface area contributed by atoms with Crippen molar-refractivity contribution in [3.63, 3.8) is 0 Å². The summed E-state index contributed by atoms with van der Waals surface area (Å²) in [4.78, 5) is 17.5. The normalized spacial score (nSPS) is 11.0. The van der Waals surface area contributed by atoms with E-state index in [4.69, 9.17) is 0 Å². The number of hydrogen-bond acceptors (Lipinski definition) is 7. The van der Waals surface area contributed by atoms with E-state index in [9.17, 15) is 4.79 Å². The Morgan fingerprint density at radius 1 is 1.22 bits per heavy atom. The van der Waals surface area contributed by atoms with Gasteiger partial charge in [-0.3, -0.25) is 4.79 Å². The van der Waals surface area contributed by atoms with Crippen molar-refractivity contribution in [1.82, 2.24) is 14.6 Å². The van der Waals surface area contributed by atoms with Crippen molar-refractivity contribution < 1.29 is 4.79 Å². The lowest BCUT2D eigenvalue weighted by Crippen LogP contribution is -2.11. The van der Waals surface area contributed by atoms with Crippen LogP contribution in [0.5, 0.6) is 0 Å². The van der Waals surface area contributed by atoms with Crippen LogP contribution in [0, 0.1) is 6.92 Å². The molecule has 0 atom stereocenters. The van der Waals surface area contributed by atoms with Crippen LogP contribution in [-0.4, -0.2) is 20.5 Å². The molecule has 0 saturated heterocycles. The van der Waals surface area contributed by atoms with E-state index in [-0.39, 0.29) is 5.91 Å². The first-order valence-corrected chi connectivity index (χ1v) is 9.23. The molecule has 3 heterocycles. The summed E-state index contributed by atoms with van der Waals surface area (Å²) in [5.74, 6) is -0.178. The molecule has 1 aromatic carbocycles. The lowest BCUT2D eigenvalue weighted by atomic mass is 10.3. The van der Waals surface area contributed by atoms with E-state index in [1.165, 1.54) is 11.3 Å². The van der Waals surface area contributed by atoms with Gasteiger partial charge >= 0.3 is 0 Å². The first-order chi connectivity index (χ1) is 11.2. The summed E-state index contributed by atoms with van der Waals surface area (Å²) in [5, 5.41) is 10.5. The molecule has 0 spiro atoms. The second-order valence-corrected chi connectivity index (χ2v) is 7.49. The number of aryl methyl sites for hydroxylation is 1. The van der Waals surface area contributed by atoms with Crippen LogP contribution in [0.15, 0.2) is 35.7 Å². The molecule has 0 bridgehead atoms. The highest BCUT2D eigenvalue weighted by molar-refractivity contribution is 7.22. The molecule has 1 N–H and O–H groups in total. The fourth-order valence-corrected chi connectivity index (χ4v) is 4.56. The van der Waals surface area contributed by atoms with Crippen LogP contribution in [0.4, 0.5) is 5.00 Å². The molecule has 0 aliphatic heterocycles. The number of para-hydroxylation sites is 1. The molecule has 0 aliphatic rings. The second-order valence-electron chi connectivity index (χ2n) is 4.79. The van der Waals surface area contributed by atoms with Gasteiger partial charge in [0.1, 0.15) is 14.9 Å². The zero-order chi connectivity index (χ0) is 15.8. The molecule has 4 aromatic rings. The minimum absolute atomic E-state index is 0.178. The fourth-order valence-electron chi connectivity index (χ4n) is 2.16. The average molecular weight is 358 g/mol. The quantitative estimate of drug-likeness (QED) is 0.588. The van der Waals surface area contributed by atoms with Crippen LogP contribution in [0.25, 0.3) is 20.8 Å². The van der Waals surface area contributed by atoms with E-state index in [0.717, 1.165) is 37.3 Å². The van der Waals surface area contributed by atoms with Gasteiger partial charge in [-0.25, -0.2) is 4.98 Å². The molecule has 0 unspecified atom stereocenters. The van der Waals surface area contributed by atoms with E-state index < -0.39 is 0 Å². The van der Waals surface area contributed by atoms with E-state index in [2.05, 4.69) is 19.9 Å². The van der Waals surface area contributed by atoms with Crippen LogP contribution in [0.2, 0.25) is 0 Å². The van der Waals surface area contributed by atoms with Crippen LogP contribution in [0.1, 0.15) is 15.4 Å². The molecular formula is C15H10N4OS3. The van der Waals surface area contributed by atoms with Gasteiger partial charge in [0, 0.05) is 5.56 Å². The predicted molar refractivity (Wildman–Crippen MR) is 95.5 cm³/mol. The maximum atomic E-state index is 12.4. The van der Waals surface area contributed by atoms with Gasteiger partial charge in [0.25, 0.3) is 5.91 Å². The van der Waals surface area contributed by atoms with Crippen LogP contribution < -0.4 is 5.32 Å². The molecule has 4 rings (SSSR count). The predicted octanol–water partition coefficient (Wildman–Crippen LogP) is 4.44. The number of hydrogen-bond donors (Lipinski definition) is 1. The summed E-state index contributed by atoms with van der Waals surface area (Å²) in [6, 6.07) is 10.00. The number of thiazole rings is 1. The number of rotatable bonds is 3. The molecule has 114 valence electrons. The monoisotopic (exact) mass is 358 g/mol. The standard InChI is InChI=1S/C15H10N4OS3/c1-8-12(23-19-18-8)13(20)17-14-9(6-7-21-14)15-16-10-4-2-3-5-11(10)22-15/h2-7H,1H3,(H,17,20). The van der Waals surface area contributed by atoms with E-state index in [1.54, 1.807) is 18.3 Å². The van der Waals surface area contributed by atoms with Gasteiger partial charge < -0.3 is 5.32 Å². The van der Waals surface area contributed by atoms with Crippen molar-refractivity contribution in [1.29, 1.82) is 0 Å². The van der Waals surface area contributed by atoms with E-state index in [0.29, 0.717) is 10.6 Å². The van der Waals surface area contributed by atoms with Crippen molar-refractivity contribution in [2.75, 3.05) is 5.32 Å². The van der Waals surface area contributed by atoms with Crippen molar-refractivity contribution in [2.45, 2.75) is 6.92 Å². The largest absolute Gasteiger partial charge is 0.312 e. The average Bonchev–Trinajstić information content (AvgIpc) is 3.24. The first-order valence-electron chi connectivity index (χ1n) is 6.76. The molecule has 1 amide bonds. The van der Waals surface area contributed by atoms with Gasteiger partial charge in [0.2, 0.25) is 0 Å². The number of anilines is 1. The van der Waals surface area contributed by atoms with Crippen molar-refractivity contribution in [2.24, 2.45) is 0 Å². The summed E-state index contributed by atoms with van der Waals surface area (Å²) in [5.41, 5.74) is 2.56. The molecule has 8 heteroatoms. The third-order valence-corrected chi connectivity index (χ3v) is 6.00. The molecule has 0 fully saturated rings. The number of thiophene rings is 1. The maximum Gasteiger partial charge on any atom is 0.269 e. The number of amides is 1. The van der Waals surface area contributed by atoms with Gasteiger partial charge in [-0.15, -0.1) is 27.8 Å². The third kappa shape index (κ3) is 2.65. The Hall–Kier alpha value is -2.16. The zero-order valence-electron chi connectivity index (χ0n) is 11.9. The Balaban J connectivity index is 1.68. The number of nitrogens with zero attached hydrogens (tertiary/aromatic N) is 3. The van der Waals surface area contributed by atoms with Gasteiger partial charge in [0.15, 0.2) is 0 Å². The highest BCUT2D eigenvalue weighted by Crippen LogP contribution is 2.37. The summed E-state index contributed by atoms with van der Waals surface area (Å²) >= 11 is 4.21. The zero-order valence-corrected chi connectivity index (χ0v) is 14.4. The molecule has 3 aromatic heterocycles. The number of carbonyl (C=O) groups is 1. The molecule has 0 aliphatic carbocycles. The number of benzene rings is 1. The number of fused-ring (bicyclic) bond motifs is 1. The van der Waals surface area contributed by atoms with Crippen molar-refractivity contribution in [3.8, 4) is 10.6 Å². The molecular weight excluding hydrogens is 348 g/mol. The highest BCUT2D eigenvalue weighted by Gasteiger charge is 2.17. The SMILES string of the molecule is Cc1nnsc1C(=O)Nc1sccc1-c1nc2ccccc2s1. The van der Waals surface area contributed by atoms with E-state index in [1.807, 2.05) is 35.7 Å². The number of aromatic nitrogens is 3. The van der Waals surface area contributed by atoms with Crippen LogP contribution >= 0.6 is 34.2 Å². The smallest absolute Gasteiger partial charge is 0.269 e. The second kappa shape index (κ2) is 5.80. The summed E-state index contributed by atoms with van der Waals surface area (Å²) in [6.45, 7) is 1.78. The topological polar surface area (TPSA) is 67.8 Å². The Morgan fingerprint density at radius 2 is 2.09 bits per heavy atom. The van der Waals surface area contributed by atoms with E-state index >= 15 is 0 Å². The fraction of sp³-hybridized carbons (Fsp3) is 0.0667. The molecule has 23 heavy (non-hydrogen) atoms. The van der Waals surface area contributed by atoms with Gasteiger partial charge in [0.05, 0.1) is 15.9 Å². The minimum Gasteiger partial charge on any atom is -0.312 e. The number of nitrogens with one attached hydrogen (secondary N) is 1. The Bertz CT molecular complexity index is 968. The third-order valence-electron chi connectivity index (χ3n) is 3.27. The van der Waals surface area contributed by atoms with Crippen LogP contribution in [-0.2, 0) is 0 Å². The number of carbonyl (C=O) groups excluding carboxylic acids is 1. The van der Waals surface area contributed by atoms with Crippen molar-refractivity contribution in [3.05, 3.63) is 46.3 Å². The summed E-state index contributed by atoms with van der Waals surface area (Å²) in [6.07, 6.45) is 0. The van der Waals surface area contributed by atoms with Gasteiger partial charge in [-0.2, -0.15) is 0 Å². The maximum absolute atomic E-state index is 12.4.